The Kier molecular flexibility index (Phi) is 5.98. The number of nitrogens with one attached hydrogen (secondary N) is 1. The van der Waals surface area contributed by atoms with Gasteiger partial charge in [-0.25, -0.2) is 0 Å². The number of carbonyl (C=O) groups is 1. The van der Waals surface area contributed by atoms with Gasteiger partial charge in [-0.3, -0.25) is 4.79 Å². The summed E-state index contributed by atoms with van der Waals surface area (Å²) in [6.07, 6.45) is 0. The fourth-order valence-corrected chi connectivity index (χ4v) is 2.57. The molecule has 7 nitrogen and oxygen atoms in total. The molecule has 0 aliphatic carbocycles. The van der Waals surface area contributed by atoms with Crippen molar-refractivity contribution in [2.24, 2.45) is 0 Å². The van der Waals surface area contributed by atoms with Crippen LogP contribution in [0.5, 0.6) is 34.5 Å². The van der Waals surface area contributed by atoms with Crippen molar-refractivity contribution in [2.45, 2.75) is 0 Å². The molecule has 9 heteroatoms. The number of phenolic OH excluding ortho intramolecular Hbond substituents is 2. The summed E-state index contributed by atoms with van der Waals surface area (Å²) < 4.78 is 14.9. The number of ether oxygens (including phenoxy) is 1. The second-order valence-corrected chi connectivity index (χ2v) is 5.83. The molecule has 3 aromatic rings. The van der Waals surface area contributed by atoms with E-state index in [1.165, 1.54) is 36.4 Å². The molecule has 0 unspecified atom stereocenters. The molecular weight excluding hydrogens is 409 g/mol. The standard InChI is InChI=1S/C19H13Cl2NO6/c20-27-17-8-5-11(9-18(17)28-21)19(25)22-13-3-1-2-4-16(13)26-12-6-7-14(23)15(24)10-12/h1-10,23-24H,(H,22,25). The number of para-hydroxylation sites is 2. The minimum Gasteiger partial charge on any atom is -0.504 e. The van der Waals surface area contributed by atoms with Crippen molar-refractivity contribution in [3.63, 3.8) is 0 Å². The summed E-state index contributed by atoms with van der Waals surface area (Å²) in [5.74, 6) is -0.211. The molecule has 0 aliphatic heterocycles. The Morgan fingerprint density at radius 3 is 2.29 bits per heavy atom. The van der Waals surface area contributed by atoms with Crippen LogP contribution in [0.15, 0.2) is 60.7 Å². The first-order valence-corrected chi connectivity index (χ1v) is 8.45. The van der Waals surface area contributed by atoms with Gasteiger partial charge >= 0.3 is 0 Å². The maximum atomic E-state index is 12.6. The first kappa shape index (κ1) is 19.5. The van der Waals surface area contributed by atoms with E-state index in [4.69, 9.17) is 28.5 Å². The van der Waals surface area contributed by atoms with Gasteiger partial charge in [0.1, 0.15) is 29.5 Å². The zero-order chi connectivity index (χ0) is 20.1. The highest BCUT2D eigenvalue weighted by Crippen LogP contribution is 2.35. The van der Waals surface area contributed by atoms with Crippen LogP contribution in [-0.4, -0.2) is 16.1 Å². The normalized spacial score (nSPS) is 10.2. The van der Waals surface area contributed by atoms with E-state index in [2.05, 4.69) is 13.9 Å². The number of hydrogen-bond acceptors (Lipinski definition) is 6. The van der Waals surface area contributed by atoms with Gasteiger partial charge in [-0.1, -0.05) is 12.1 Å². The molecule has 144 valence electrons. The molecule has 0 atom stereocenters. The van der Waals surface area contributed by atoms with Crippen LogP contribution in [0.25, 0.3) is 0 Å². The molecule has 3 aromatic carbocycles. The number of benzene rings is 3. The minimum absolute atomic E-state index is 0.0772. The molecule has 3 N–H and O–H groups in total. The van der Waals surface area contributed by atoms with Gasteiger partial charge in [0.2, 0.25) is 0 Å². The third-order valence-electron chi connectivity index (χ3n) is 3.68. The Balaban J connectivity index is 1.83. The number of anilines is 1. The summed E-state index contributed by atoms with van der Waals surface area (Å²) in [5.41, 5.74) is 0.622. The second kappa shape index (κ2) is 8.60. The number of carbonyl (C=O) groups excluding carboxylic acids is 1. The quantitative estimate of drug-likeness (QED) is 0.472. The molecular formula is C19H13Cl2NO6. The van der Waals surface area contributed by atoms with Crippen molar-refractivity contribution in [1.82, 2.24) is 0 Å². The van der Waals surface area contributed by atoms with E-state index in [1.54, 1.807) is 24.3 Å². The lowest BCUT2D eigenvalue weighted by atomic mass is 10.2. The van der Waals surface area contributed by atoms with E-state index in [-0.39, 0.29) is 34.3 Å². The fraction of sp³-hybridized carbons (Fsp3) is 0. The molecule has 3 rings (SSSR count). The Morgan fingerprint density at radius 1 is 0.821 bits per heavy atom. The summed E-state index contributed by atoms with van der Waals surface area (Å²) in [6.45, 7) is 0. The molecule has 0 bridgehead atoms. The lowest BCUT2D eigenvalue weighted by molar-refractivity contribution is 0.102. The Labute approximate surface area is 170 Å². The number of hydrogen-bond donors (Lipinski definition) is 3. The van der Waals surface area contributed by atoms with Crippen LogP contribution in [0, 0.1) is 0 Å². The van der Waals surface area contributed by atoms with Gasteiger partial charge in [-0.05, 0) is 42.5 Å². The highest BCUT2D eigenvalue weighted by molar-refractivity contribution is 6.11. The summed E-state index contributed by atoms with van der Waals surface area (Å²) in [4.78, 5) is 12.6. The maximum absolute atomic E-state index is 12.6. The van der Waals surface area contributed by atoms with E-state index < -0.39 is 5.91 Å². The summed E-state index contributed by atoms with van der Waals surface area (Å²) in [7, 11) is 0. The van der Waals surface area contributed by atoms with Crippen molar-refractivity contribution in [3.05, 3.63) is 66.2 Å². The van der Waals surface area contributed by atoms with Gasteiger partial charge in [-0.2, -0.15) is 0 Å². The van der Waals surface area contributed by atoms with Crippen LogP contribution >= 0.6 is 23.7 Å². The van der Waals surface area contributed by atoms with E-state index in [0.29, 0.717) is 11.4 Å². The Morgan fingerprint density at radius 2 is 1.57 bits per heavy atom. The largest absolute Gasteiger partial charge is 0.504 e. The molecule has 28 heavy (non-hydrogen) atoms. The molecule has 0 aromatic heterocycles. The first-order valence-electron chi connectivity index (χ1n) is 7.83. The Hall–Kier alpha value is -3.29. The number of rotatable bonds is 6. The number of halogens is 2. The van der Waals surface area contributed by atoms with Crippen molar-refractivity contribution >= 4 is 35.3 Å². The second-order valence-electron chi connectivity index (χ2n) is 5.52. The predicted molar refractivity (Wildman–Crippen MR) is 104 cm³/mol. The van der Waals surface area contributed by atoms with Gasteiger partial charge in [0.25, 0.3) is 5.91 Å². The van der Waals surface area contributed by atoms with E-state index >= 15 is 0 Å². The van der Waals surface area contributed by atoms with Gasteiger partial charge in [0, 0.05) is 11.6 Å². The average molecular weight is 422 g/mol. The average Bonchev–Trinajstić information content (AvgIpc) is 2.71. The number of amides is 1. The van der Waals surface area contributed by atoms with Gasteiger partial charge in [0.05, 0.1) is 5.69 Å². The highest BCUT2D eigenvalue weighted by atomic mass is 35.5. The Bertz CT molecular complexity index is 1010. The van der Waals surface area contributed by atoms with Crippen LogP contribution in [0.2, 0.25) is 0 Å². The van der Waals surface area contributed by atoms with E-state index in [9.17, 15) is 15.0 Å². The van der Waals surface area contributed by atoms with Gasteiger partial charge in [-0.15, -0.1) is 0 Å². The SMILES string of the molecule is O=C(Nc1ccccc1Oc1ccc(O)c(O)c1)c1ccc(OCl)c(OCl)c1. The van der Waals surface area contributed by atoms with Crippen molar-refractivity contribution in [1.29, 1.82) is 0 Å². The van der Waals surface area contributed by atoms with Crippen LogP contribution in [-0.2, 0) is 0 Å². The van der Waals surface area contributed by atoms with Crippen molar-refractivity contribution in [2.75, 3.05) is 5.32 Å². The predicted octanol–water partition coefficient (Wildman–Crippen LogP) is 5.21. The summed E-state index contributed by atoms with van der Waals surface area (Å²) in [6, 6.07) is 15.0. The zero-order valence-corrected chi connectivity index (χ0v) is 15.6. The van der Waals surface area contributed by atoms with Crippen molar-refractivity contribution < 1.29 is 28.3 Å². The maximum Gasteiger partial charge on any atom is 0.255 e. The van der Waals surface area contributed by atoms with Crippen molar-refractivity contribution in [3.8, 4) is 34.5 Å². The monoisotopic (exact) mass is 421 g/mol. The summed E-state index contributed by atoms with van der Waals surface area (Å²) in [5, 5.41) is 21.7. The van der Waals surface area contributed by atoms with E-state index in [0.717, 1.165) is 0 Å². The molecule has 0 spiro atoms. The number of phenols is 2. The molecule has 0 fully saturated rings. The first-order chi connectivity index (χ1) is 13.5. The topological polar surface area (TPSA) is 97.3 Å². The highest BCUT2D eigenvalue weighted by Gasteiger charge is 2.14. The zero-order valence-electron chi connectivity index (χ0n) is 14.1. The smallest absolute Gasteiger partial charge is 0.255 e. The lowest BCUT2D eigenvalue weighted by Gasteiger charge is -2.13. The van der Waals surface area contributed by atoms with Crippen LogP contribution in [0.1, 0.15) is 10.4 Å². The van der Waals surface area contributed by atoms with Crippen LogP contribution in [0.3, 0.4) is 0 Å². The third kappa shape index (κ3) is 4.33. The molecule has 0 saturated heterocycles. The minimum atomic E-state index is -0.458. The van der Waals surface area contributed by atoms with Crippen LogP contribution < -0.4 is 18.6 Å². The molecule has 0 saturated carbocycles. The molecule has 1 amide bonds. The van der Waals surface area contributed by atoms with Gasteiger partial charge in [0.15, 0.2) is 28.7 Å². The molecule has 0 aliphatic rings. The lowest BCUT2D eigenvalue weighted by Crippen LogP contribution is -2.12. The third-order valence-corrected chi connectivity index (χ3v) is 4.01. The number of aromatic hydroxyl groups is 2. The summed E-state index contributed by atoms with van der Waals surface area (Å²) >= 11 is 10.7. The molecule has 0 heterocycles. The van der Waals surface area contributed by atoms with E-state index in [1.807, 2.05) is 0 Å². The molecule has 0 radical (unpaired) electrons. The van der Waals surface area contributed by atoms with Gasteiger partial charge < -0.3 is 28.8 Å². The van der Waals surface area contributed by atoms with Crippen LogP contribution in [0.4, 0.5) is 5.69 Å². The fourth-order valence-electron chi connectivity index (χ4n) is 2.32.